The second-order valence-corrected chi connectivity index (χ2v) is 11.8. The fraction of sp³-hybridized carbons (Fsp3) is 0.302. The molecule has 0 heterocycles. The van der Waals surface area contributed by atoms with Crippen LogP contribution in [0.4, 0.5) is 0 Å². The van der Waals surface area contributed by atoms with Crippen LogP contribution in [0.5, 0.6) is 11.5 Å². The Bertz CT molecular complexity index is 1640. The van der Waals surface area contributed by atoms with Crippen molar-refractivity contribution in [1.82, 2.24) is 0 Å². The second-order valence-electron chi connectivity index (χ2n) is 11.8. The third kappa shape index (κ3) is 10.4. The first-order valence-corrected chi connectivity index (χ1v) is 17.6. The highest BCUT2D eigenvalue weighted by molar-refractivity contribution is 5.86. The van der Waals surface area contributed by atoms with Gasteiger partial charge < -0.3 is 37.9 Å². The van der Waals surface area contributed by atoms with Crippen molar-refractivity contribution in [2.75, 3.05) is 79.3 Å². The lowest BCUT2D eigenvalue weighted by molar-refractivity contribution is -0.140. The SMILES string of the molecule is C=CC(=O)OCCOCCOCCOc1ccc(C2(c3ccc(OCCOCCOCCOC(=O)C=C)cc3)c3ccccc3-c3ccccc32)cc1. The van der Waals surface area contributed by atoms with Gasteiger partial charge in [0, 0.05) is 12.2 Å². The molecular formula is C43H46O10. The molecule has 1 aliphatic rings. The van der Waals surface area contributed by atoms with Crippen LogP contribution >= 0.6 is 0 Å². The maximum absolute atomic E-state index is 11.0. The van der Waals surface area contributed by atoms with Gasteiger partial charge >= 0.3 is 11.9 Å². The quantitative estimate of drug-likeness (QED) is 0.0407. The number of carbonyl (C=O) groups excluding carboxylic acids is 2. The smallest absolute Gasteiger partial charge is 0.330 e. The highest BCUT2D eigenvalue weighted by Crippen LogP contribution is 2.56. The van der Waals surface area contributed by atoms with Crippen LogP contribution in [-0.4, -0.2) is 91.2 Å². The highest BCUT2D eigenvalue weighted by atomic mass is 16.6. The zero-order valence-electron chi connectivity index (χ0n) is 29.9. The Balaban J connectivity index is 1.18. The molecule has 5 rings (SSSR count). The first-order chi connectivity index (χ1) is 26.1. The van der Waals surface area contributed by atoms with E-state index in [1.54, 1.807) is 0 Å². The van der Waals surface area contributed by atoms with E-state index in [-0.39, 0.29) is 13.2 Å². The molecule has 0 atom stereocenters. The molecule has 0 N–H and O–H groups in total. The van der Waals surface area contributed by atoms with E-state index in [2.05, 4.69) is 86.0 Å². The van der Waals surface area contributed by atoms with Crippen molar-refractivity contribution in [2.24, 2.45) is 0 Å². The molecular weight excluding hydrogens is 676 g/mol. The van der Waals surface area contributed by atoms with E-state index in [0.717, 1.165) is 34.8 Å². The van der Waals surface area contributed by atoms with Crippen LogP contribution in [0.2, 0.25) is 0 Å². The summed E-state index contributed by atoms with van der Waals surface area (Å²) in [6.07, 6.45) is 2.24. The predicted molar refractivity (Wildman–Crippen MR) is 200 cm³/mol. The van der Waals surface area contributed by atoms with Gasteiger partial charge in [0.25, 0.3) is 0 Å². The van der Waals surface area contributed by atoms with Crippen molar-refractivity contribution in [3.8, 4) is 22.6 Å². The number of ether oxygens (including phenoxy) is 8. The number of carbonyl (C=O) groups is 2. The molecule has 0 bridgehead atoms. The summed E-state index contributed by atoms with van der Waals surface area (Å²) in [5.41, 5.74) is 6.54. The second kappa shape index (κ2) is 20.7. The molecule has 0 fully saturated rings. The number of benzene rings is 4. The normalized spacial score (nSPS) is 12.3. The summed E-state index contributed by atoms with van der Waals surface area (Å²) in [6, 6.07) is 33.8. The van der Waals surface area contributed by atoms with Crippen molar-refractivity contribution >= 4 is 11.9 Å². The van der Waals surface area contributed by atoms with Crippen molar-refractivity contribution in [2.45, 2.75) is 5.41 Å². The van der Waals surface area contributed by atoms with Gasteiger partial charge in [-0.2, -0.15) is 0 Å². The van der Waals surface area contributed by atoms with Gasteiger partial charge in [-0.25, -0.2) is 9.59 Å². The van der Waals surface area contributed by atoms with Crippen LogP contribution in [0.15, 0.2) is 122 Å². The predicted octanol–water partition coefficient (Wildman–Crippen LogP) is 6.33. The monoisotopic (exact) mass is 722 g/mol. The molecule has 10 nitrogen and oxygen atoms in total. The molecule has 0 saturated carbocycles. The van der Waals surface area contributed by atoms with Crippen LogP contribution in [0, 0.1) is 0 Å². The molecule has 0 unspecified atom stereocenters. The van der Waals surface area contributed by atoms with Gasteiger partial charge in [0.15, 0.2) is 0 Å². The summed E-state index contributed by atoms with van der Waals surface area (Å²) in [7, 11) is 0. The number of esters is 2. The molecule has 0 saturated heterocycles. The topological polar surface area (TPSA) is 108 Å². The summed E-state index contributed by atoms with van der Waals surface area (Å²) in [5, 5.41) is 0. The number of hydrogen-bond acceptors (Lipinski definition) is 10. The Kier molecular flexibility index (Phi) is 15.2. The van der Waals surface area contributed by atoms with Gasteiger partial charge in [-0.15, -0.1) is 0 Å². The zero-order valence-corrected chi connectivity index (χ0v) is 29.9. The fourth-order valence-electron chi connectivity index (χ4n) is 6.23. The van der Waals surface area contributed by atoms with Crippen LogP contribution in [0.1, 0.15) is 22.3 Å². The van der Waals surface area contributed by atoms with Crippen LogP contribution in [0.25, 0.3) is 11.1 Å². The third-order valence-corrected chi connectivity index (χ3v) is 8.54. The van der Waals surface area contributed by atoms with Gasteiger partial charge in [0.1, 0.15) is 37.9 Å². The average Bonchev–Trinajstić information content (AvgIpc) is 3.50. The molecule has 10 heteroatoms. The van der Waals surface area contributed by atoms with Crippen molar-refractivity contribution in [3.05, 3.63) is 145 Å². The van der Waals surface area contributed by atoms with Gasteiger partial charge in [0.2, 0.25) is 0 Å². The number of fused-ring (bicyclic) bond motifs is 3. The average molecular weight is 723 g/mol. The Morgan fingerprint density at radius 2 is 0.792 bits per heavy atom. The first-order valence-electron chi connectivity index (χ1n) is 17.6. The maximum Gasteiger partial charge on any atom is 0.330 e. The van der Waals surface area contributed by atoms with Gasteiger partial charge in [-0.1, -0.05) is 86.0 Å². The van der Waals surface area contributed by atoms with Crippen LogP contribution in [0.3, 0.4) is 0 Å². The van der Waals surface area contributed by atoms with E-state index in [1.807, 2.05) is 24.3 Å². The van der Waals surface area contributed by atoms with E-state index >= 15 is 0 Å². The molecule has 0 aliphatic heterocycles. The lowest BCUT2D eigenvalue weighted by atomic mass is 9.68. The third-order valence-electron chi connectivity index (χ3n) is 8.54. The Hall–Kier alpha value is -5.26. The molecule has 0 radical (unpaired) electrons. The molecule has 278 valence electrons. The van der Waals surface area contributed by atoms with E-state index in [9.17, 15) is 9.59 Å². The van der Waals surface area contributed by atoms with E-state index in [4.69, 9.17) is 37.9 Å². The Labute approximate surface area is 310 Å². The van der Waals surface area contributed by atoms with Gasteiger partial charge in [0.05, 0.1) is 58.3 Å². The summed E-state index contributed by atoms with van der Waals surface area (Å²) in [4.78, 5) is 22.1. The molecule has 0 aromatic heterocycles. The minimum Gasteiger partial charge on any atom is -0.491 e. The summed E-state index contributed by atoms with van der Waals surface area (Å²) in [5.74, 6) is 0.564. The number of rotatable bonds is 24. The lowest BCUT2D eigenvalue weighted by Gasteiger charge is -2.34. The minimum atomic E-state index is -0.551. The van der Waals surface area contributed by atoms with E-state index < -0.39 is 17.4 Å². The van der Waals surface area contributed by atoms with Crippen molar-refractivity contribution in [3.63, 3.8) is 0 Å². The van der Waals surface area contributed by atoms with E-state index in [1.165, 1.54) is 22.3 Å². The minimum absolute atomic E-state index is 0.178. The maximum atomic E-state index is 11.0. The van der Waals surface area contributed by atoms with Gasteiger partial charge in [-0.05, 0) is 57.6 Å². The molecule has 4 aromatic carbocycles. The summed E-state index contributed by atoms with van der Waals surface area (Å²) < 4.78 is 43.8. The standard InChI is InChI=1S/C43H46O10/c1-3-41(44)52-31-27-48-23-21-46-25-29-50-35-17-13-33(14-18-35)43(39-11-7-5-9-37(39)38-10-6-8-12-40(38)43)34-15-19-36(20-16-34)51-30-26-47-22-24-49-28-32-53-42(45)4-2/h3-20H,1-2,21-32H2. The molecule has 53 heavy (non-hydrogen) atoms. The Morgan fingerprint density at radius 1 is 0.453 bits per heavy atom. The van der Waals surface area contributed by atoms with E-state index in [0.29, 0.717) is 66.1 Å². The zero-order chi connectivity index (χ0) is 37.1. The molecule has 4 aromatic rings. The molecule has 1 aliphatic carbocycles. The first kappa shape index (κ1) is 39.0. The lowest BCUT2D eigenvalue weighted by Crippen LogP contribution is -2.28. The molecule has 0 amide bonds. The molecule has 0 spiro atoms. The van der Waals surface area contributed by atoms with Crippen LogP contribution < -0.4 is 9.47 Å². The van der Waals surface area contributed by atoms with Gasteiger partial charge in [-0.3, -0.25) is 0 Å². The summed E-state index contributed by atoms with van der Waals surface area (Å²) in [6.45, 7) is 10.9. The largest absolute Gasteiger partial charge is 0.491 e. The Morgan fingerprint density at radius 3 is 1.17 bits per heavy atom. The van der Waals surface area contributed by atoms with Crippen molar-refractivity contribution in [1.29, 1.82) is 0 Å². The van der Waals surface area contributed by atoms with Crippen LogP contribution in [-0.2, 0) is 43.4 Å². The fourth-order valence-corrected chi connectivity index (χ4v) is 6.23. The highest BCUT2D eigenvalue weighted by Gasteiger charge is 2.45. The van der Waals surface area contributed by atoms with Crippen molar-refractivity contribution < 1.29 is 47.5 Å². The number of hydrogen-bond donors (Lipinski definition) is 0. The summed E-state index contributed by atoms with van der Waals surface area (Å²) >= 11 is 0.